The minimum atomic E-state index is -4.42. The molecule has 148 valence electrons. The fourth-order valence-corrected chi connectivity index (χ4v) is 2.87. The second-order valence-electron chi connectivity index (χ2n) is 6.59. The van der Waals surface area contributed by atoms with Gasteiger partial charge in [-0.1, -0.05) is 19.4 Å². The lowest BCUT2D eigenvalue weighted by Gasteiger charge is -2.24. The van der Waals surface area contributed by atoms with Gasteiger partial charge in [-0.3, -0.25) is 0 Å². The molecule has 1 aromatic heterocycles. The monoisotopic (exact) mass is 381 g/mol. The fraction of sp³-hybridized carbons (Fsp3) is 0.474. The number of rotatable bonds is 2. The van der Waals surface area contributed by atoms with Crippen LogP contribution in [0.15, 0.2) is 24.3 Å². The van der Waals surface area contributed by atoms with Crippen LogP contribution in [-0.4, -0.2) is 34.7 Å². The molecule has 1 saturated heterocycles. The quantitative estimate of drug-likeness (QED) is 0.765. The lowest BCUT2D eigenvalue weighted by Crippen LogP contribution is -2.29. The molecule has 0 spiro atoms. The van der Waals surface area contributed by atoms with Gasteiger partial charge < -0.3 is 16.4 Å². The van der Waals surface area contributed by atoms with E-state index in [1.807, 2.05) is 0 Å². The third kappa shape index (κ3) is 5.82. The average molecular weight is 381 g/mol. The van der Waals surface area contributed by atoms with E-state index in [9.17, 15) is 13.2 Å². The van der Waals surface area contributed by atoms with Gasteiger partial charge in [0.1, 0.15) is 5.82 Å². The molecule has 0 bridgehead atoms. The number of benzene rings is 1. The molecule has 2 heterocycles. The van der Waals surface area contributed by atoms with Gasteiger partial charge in [0.25, 0.3) is 0 Å². The van der Waals surface area contributed by atoms with E-state index in [-0.39, 0.29) is 11.5 Å². The normalized spacial score (nSPS) is 15.1. The van der Waals surface area contributed by atoms with Gasteiger partial charge in [-0.05, 0) is 63.2 Å². The van der Waals surface area contributed by atoms with Gasteiger partial charge in [0.15, 0.2) is 0 Å². The van der Waals surface area contributed by atoms with Gasteiger partial charge >= 0.3 is 6.18 Å². The summed E-state index contributed by atoms with van der Waals surface area (Å²) >= 11 is 0. The number of alkyl halides is 3. The first-order valence-corrected chi connectivity index (χ1v) is 9.01. The summed E-state index contributed by atoms with van der Waals surface area (Å²) in [6.07, 6.45) is -0.118. The number of halogens is 3. The molecule has 1 aliphatic heterocycles. The van der Waals surface area contributed by atoms with E-state index in [1.54, 1.807) is 13.0 Å². The molecule has 27 heavy (non-hydrogen) atoms. The summed E-state index contributed by atoms with van der Waals surface area (Å²) < 4.78 is 37.6. The van der Waals surface area contributed by atoms with E-state index in [2.05, 4.69) is 22.0 Å². The number of anilines is 2. The lowest BCUT2D eigenvalue weighted by atomic mass is 10.0. The van der Waals surface area contributed by atoms with Crippen LogP contribution >= 0.6 is 0 Å². The first kappa shape index (κ1) is 21.0. The number of nitrogens with zero attached hydrogens (tertiary/aromatic N) is 3. The molecule has 2 aromatic rings. The number of piperidine rings is 1. The van der Waals surface area contributed by atoms with Gasteiger partial charge in [0, 0.05) is 11.3 Å². The molecule has 5 nitrogen and oxygen atoms in total. The Kier molecular flexibility index (Phi) is 7.01. The Balaban J connectivity index is 0.000000273. The molecule has 0 saturated carbocycles. The van der Waals surface area contributed by atoms with E-state index >= 15 is 0 Å². The molecule has 0 radical (unpaired) electrons. The van der Waals surface area contributed by atoms with Crippen molar-refractivity contribution in [2.75, 3.05) is 31.1 Å². The highest BCUT2D eigenvalue weighted by Gasteiger charge is 2.30. The highest BCUT2D eigenvalue weighted by Crippen LogP contribution is 2.34. The summed E-state index contributed by atoms with van der Waals surface area (Å²) in [7, 11) is 0. The maximum atomic E-state index is 12.5. The number of hydrogen-bond acceptors (Lipinski definition) is 5. The minimum absolute atomic E-state index is 0.00621. The highest BCUT2D eigenvalue weighted by atomic mass is 19.4. The van der Waals surface area contributed by atoms with Crippen molar-refractivity contribution in [2.24, 2.45) is 0 Å². The Labute approximate surface area is 157 Å². The standard InChI is InChI=1S/C12H11F3N4.C7H15N/c1-6-4-10(18-19-11(6)17)8-3-2-7(5-9(8)16)12(13,14)15;1-2-8-6-4-3-5-7-8/h2-5H,16H2,1H3,(H2,17,19);2-7H2,1H3. The average Bonchev–Trinajstić information content (AvgIpc) is 2.64. The third-order valence-corrected chi connectivity index (χ3v) is 4.57. The molecule has 0 aliphatic carbocycles. The molecular weight excluding hydrogens is 355 g/mol. The van der Waals surface area contributed by atoms with E-state index < -0.39 is 11.7 Å². The summed E-state index contributed by atoms with van der Waals surface area (Å²) in [5.74, 6) is 0.272. The van der Waals surface area contributed by atoms with E-state index in [0.29, 0.717) is 16.8 Å². The Morgan fingerprint density at radius 1 is 1.04 bits per heavy atom. The molecule has 3 rings (SSSR count). The molecule has 0 atom stereocenters. The van der Waals surface area contributed by atoms with Crippen LogP contribution in [0.3, 0.4) is 0 Å². The van der Waals surface area contributed by atoms with E-state index in [0.717, 1.165) is 12.1 Å². The zero-order valence-corrected chi connectivity index (χ0v) is 15.7. The summed E-state index contributed by atoms with van der Waals surface area (Å²) in [5, 5.41) is 7.54. The molecular formula is C19H26F3N5. The largest absolute Gasteiger partial charge is 0.416 e. The summed E-state index contributed by atoms with van der Waals surface area (Å²) in [5.41, 5.74) is 11.8. The van der Waals surface area contributed by atoms with Crippen LogP contribution in [0, 0.1) is 6.92 Å². The predicted molar refractivity (Wildman–Crippen MR) is 102 cm³/mol. The van der Waals surface area contributed by atoms with Crippen LogP contribution < -0.4 is 11.5 Å². The smallest absolute Gasteiger partial charge is 0.398 e. The zero-order chi connectivity index (χ0) is 20.0. The number of nitrogen functional groups attached to an aromatic ring is 2. The van der Waals surface area contributed by atoms with Gasteiger partial charge in [-0.15, -0.1) is 10.2 Å². The Bertz CT molecular complexity index is 755. The Hall–Kier alpha value is -2.35. The Morgan fingerprint density at radius 3 is 2.19 bits per heavy atom. The highest BCUT2D eigenvalue weighted by molar-refractivity contribution is 5.75. The molecule has 1 fully saturated rings. The second kappa shape index (κ2) is 9.03. The van der Waals surface area contributed by atoms with E-state index in [4.69, 9.17) is 11.5 Å². The van der Waals surface area contributed by atoms with Gasteiger partial charge in [-0.25, -0.2) is 0 Å². The van der Waals surface area contributed by atoms with Crippen LogP contribution in [-0.2, 0) is 6.18 Å². The molecule has 0 unspecified atom stereocenters. The van der Waals surface area contributed by atoms with Crippen LogP contribution in [0.1, 0.15) is 37.3 Å². The molecule has 8 heteroatoms. The van der Waals surface area contributed by atoms with Crippen molar-refractivity contribution >= 4 is 11.5 Å². The topological polar surface area (TPSA) is 81.1 Å². The van der Waals surface area contributed by atoms with Gasteiger partial charge in [0.2, 0.25) is 0 Å². The molecule has 4 N–H and O–H groups in total. The van der Waals surface area contributed by atoms with Crippen LogP contribution in [0.25, 0.3) is 11.3 Å². The van der Waals surface area contributed by atoms with Gasteiger partial charge in [-0.2, -0.15) is 13.2 Å². The first-order valence-electron chi connectivity index (χ1n) is 9.01. The fourth-order valence-electron chi connectivity index (χ4n) is 2.87. The van der Waals surface area contributed by atoms with Crippen molar-refractivity contribution < 1.29 is 13.2 Å². The van der Waals surface area contributed by atoms with Crippen molar-refractivity contribution in [3.63, 3.8) is 0 Å². The number of aryl methyl sites for hydroxylation is 1. The number of nitrogens with two attached hydrogens (primary N) is 2. The van der Waals surface area contributed by atoms with Gasteiger partial charge in [0.05, 0.1) is 11.3 Å². The molecule has 1 aromatic carbocycles. The number of likely N-dealkylation sites (tertiary alicyclic amines) is 1. The number of aromatic nitrogens is 2. The van der Waals surface area contributed by atoms with Crippen LogP contribution in [0.4, 0.5) is 24.7 Å². The molecule has 1 aliphatic rings. The SMILES string of the molecule is CCN1CCCCC1.Cc1cc(-c2ccc(C(F)(F)F)cc2N)nnc1N. The van der Waals surface area contributed by atoms with Crippen LogP contribution in [0.5, 0.6) is 0 Å². The predicted octanol–water partition coefficient (Wildman–Crippen LogP) is 4.13. The number of hydrogen-bond donors (Lipinski definition) is 2. The maximum absolute atomic E-state index is 12.5. The first-order chi connectivity index (χ1) is 12.7. The molecule has 0 amide bonds. The van der Waals surface area contributed by atoms with Crippen molar-refractivity contribution in [1.29, 1.82) is 0 Å². The second-order valence-corrected chi connectivity index (χ2v) is 6.59. The maximum Gasteiger partial charge on any atom is 0.416 e. The van der Waals surface area contributed by atoms with Crippen molar-refractivity contribution in [3.8, 4) is 11.3 Å². The van der Waals surface area contributed by atoms with E-state index in [1.165, 1.54) is 45.0 Å². The van der Waals surface area contributed by atoms with Crippen LogP contribution in [0.2, 0.25) is 0 Å². The van der Waals surface area contributed by atoms with Crippen molar-refractivity contribution in [3.05, 3.63) is 35.4 Å². The van der Waals surface area contributed by atoms with Crippen molar-refractivity contribution in [1.82, 2.24) is 15.1 Å². The summed E-state index contributed by atoms with van der Waals surface area (Å²) in [4.78, 5) is 2.52. The zero-order valence-electron chi connectivity index (χ0n) is 15.7. The Morgan fingerprint density at radius 2 is 1.70 bits per heavy atom. The third-order valence-electron chi connectivity index (χ3n) is 4.57. The summed E-state index contributed by atoms with van der Waals surface area (Å²) in [6, 6.07) is 4.74. The van der Waals surface area contributed by atoms with Crippen molar-refractivity contribution in [2.45, 2.75) is 39.3 Å². The lowest BCUT2D eigenvalue weighted by molar-refractivity contribution is -0.137. The summed E-state index contributed by atoms with van der Waals surface area (Å²) in [6.45, 7) is 7.91. The minimum Gasteiger partial charge on any atom is -0.398 e.